The van der Waals surface area contributed by atoms with Crippen LogP contribution in [0.1, 0.15) is 36.4 Å². The minimum atomic E-state index is 0.214. The Hall–Kier alpha value is -0.0600. The Kier molecular flexibility index (Phi) is 5.32. The van der Waals surface area contributed by atoms with E-state index in [9.17, 15) is 0 Å². The van der Waals surface area contributed by atoms with Crippen molar-refractivity contribution in [2.24, 2.45) is 0 Å². The van der Waals surface area contributed by atoms with Crippen molar-refractivity contribution in [3.05, 3.63) is 54.6 Å². The molecule has 0 saturated heterocycles. The minimum absolute atomic E-state index is 0.214. The molecule has 0 aliphatic carbocycles. The van der Waals surface area contributed by atoms with E-state index in [2.05, 4.69) is 47.2 Å². The number of rotatable bonds is 4. The van der Waals surface area contributed by atoms with E-state index in [1.807, 2.05) is 18.2 Å². The number of nitrogens with one attached hydrogen (secondary N) is 1. The van der Waals surface area contributed by atoms with E-state index >= 15 is 0 Å². The Bertz CT molecular complexity index is 570. The van der Waals surface area contributed by atoms with Crippen LogP contribution in [0, 0.1) is 0 Å². The molecule has 0 aliphatic heterocycles. The van der Waals surface area contributed by atoms with Crippen molar-refractivity contribution in [1.82, 2.24) is 5.32 Å². The van der Waals surface area contributed by atoms with Crippen LogP contribution in [0.4, 0.5) is 0 Å². The molecule has 2 rings (SSSR count). The van der Waals surface area contributed by atoms with Crippen molar-refractivity contribution in [1.29, 1.82) is 0 Å². The smallest absolute Gasteiger partial charge is 0.0701 e. The van der Waals surface area contributed by atoms with Gasteiger partial charge in [-0.05, 0) is 59.6 Å². The molecule has 1 aromatic carbocycles. The van der Waals surface area contributed by atoms with Crippen LogP contribution < -0.4 is 5.32 Å². The van der Waals surface area contributed by atoms with Gasteiger partial charge in [-0.2, -0.15) is 0 Å². The second-order valence-electron chi connectivity index (χ2n) is 4.43. The van der Waals surface area contributed by atoms with Crippen LogP contribution in [0.15, 0.2) is 34.1 Å². The fourth-order valence-electron chi connectivity index (χ4n) is 1.90. The number of thiophene rings is 1. The standard InChI is InChI=1S/C14H14BrCl2NS/c1-8(10-3-4-11(16)12(17)7-10)18-9(2)13-5-6-14(15)19-13/h3-9,18H,1-2H3. The summed E-state index contributed by atoms with van der Waals surface area (Å²) in [6, 6.07) is 10.5. The van der Waals surface area contributed by atoms with Gasteiger partial charge in [0, 0.05) is 17.0 Å². The van der Waals surface area contributed by atoms with Crippen LogP contribution in [0.2, 0.25) is 10.0 Å². The molecule has 0 amide bonds. The number of halogens is 3. The molecule has 1 N–H and O–H groups in total. The third kappa shape index (κ3) is 3.96. The summed E-state index contributed by atoms with van der Waals surface area (Å²) in [5, 5.41) is 4.75. The van der Waals surface area contributed by atoms with Crippen molar-refractivity contribution < 1.29 is 0 Å². The highest BCUT2D eigenvalue weighted by molar-refractivity contribution is 9.11. The first kappa shape index (κ1) is 15.3. The normalized spacial score (nSPS) is 14.4. The lowest BCUT2D eigenvalue weighted by atomic mass is 10.1. The van der Waals surface area contributed by atoms with Gasteiger partial charge in [0.05, 0.1) is 13.8 Å². The zero-order valence-corrected chi connectivity index (χ0v) is 14.5. The zero-order valence-electron chi connectivity index (χ0n) is 10.6. The molecule has 1 aromatic heterocycles. The van der Waals surface area contributed by atoms with E-state index in [0.717, 1.165) is 9.35 Å². The molecule has 2 atom stereocenters. The number of hydrogen-bond donors (Lipinski definition) is 1. The summed E-state index contributed by atoms with van der Waals surface area (Å²) in [7, 11) is 0. The average Bonchev–Trinajstić information content (AvgIpc) is 2.79. The molecule has 0 saturated carbocycles. The van der Waals surface area contributed by atoms with Gasteiger partial charge in [0.2, 0.25) is 0 Å². The second kappa shape index (κ2) is 6.59. The zero-order chi connectivity index (χ0) is 14.0. The van der Waals surface area contributed by atoms with Crippen molar-refractivity contribution in [3.63, 3.8) is 0 Å². The van der Waals surface area contributed by atoms with Gasteiger partial charge in [0.15, 0.2) is 0 Å². The largest absolute Gasteiger partial charge is 0.303 e. The molecular formula is C14H14BrCl2NS. The second-order valence-corrected chi connectivity index (χ2v) is 7.73. The minimum Gasteiger partial charge on any atom is -0.303 e. The summed E-state index contributed by atoms with van der Waals surface area (Å²) in [6.45, 7) is 4.28. The maximum atomic E-state index is 6.05. The number of hydrogen-bond acceptors (Lipinski definition) is 2. The molecular weight excluding hydrogens is 365 g/mol. The monoisotopic (exact) mass is 377 g/mol. The summed E-state index contributed by atoms with van der Waals surface area (Å²) in [5.74, 6) is 0. The molecule has 0 radical (unpaired) electrons. The van der Waals surface area contributed by atoms with Gasteiger partial charge in [-0.25, -0.2) is 0 Å². The maximum Gasteiger partial charge on any atom is 0.0701 e. The molecule has 1 heterocycles. The molecule has 1 nitrogen and oxygen atoms in total. The molecule has 0 aliphatic rings. The van der Waals surface area contributed by atoms with Gasteiger partial charge in [-0.15, -0.1) is 11.3 Å². The van der Waals surface area contributed by atoms with Gasteiger partial charge >= 0.3 is 0 Å². The lowest BCUT2D eigenvalue weighted by Crippen LogP contribution is -2.21. The topological polar surface area (TPSA) is 12.0 Å². The summed E-state index contributed by atoms with van der Waals surface area (Å²) in [5.41, 5.74) is 1.14. The molecule has 2 unspecified atom stereocenters. The molecule has 2 aromatic rings. The molecule has 102 valence electrons. The third-order valence-electron chi connectivity index (χ3n) is 2.96. The van der Waals surface area contributed by atoms with Crippen molar-refractivity contribution >= 4 is 50.5 Å². The van der Waals surface area contributed by atoms with Crippen LogP contribution in [0.25, 0.3) is 0 Å². The van der Waals surface area contributed by atoms with Gasteiger partial charge in [-0.3, -0.25) is 0 Å². The lowest BCUT2D eigenvalue weighted by molar-refractivity contribution is 0.500. The van der Waals surface area contributed by atoms with Gasteiger partial charge in [-0.1, -0.05) is 29.3 Å². The highest BCUT2D eigenvalue weighted by Gasteiger charge is 2.13. The maximum absolute atomic E-state index is 6.05. The van der Waals surface area contributed by atoms with Crippen molar-refractivity contribution in [2.45, 2.75) is 25.9 Å². The van der Waals surface area contributed by atoms with E-state index in [0.29, 0.717) is 16.1 Å². The van der Waals surface area contributed by atoms with Gasteiger partial charge in [0.25, 0.3) is 0 Å². The lowest BCUT2D eigenvalue weighted by Gasteiger charge is -2.20. The van der Waals surface area contributed by atoms with E-state index in [1.54, 1.807) is 11.3 Å². The average molecular weight is 379 g/mol. The van der Waals surface area contributed by atoms with E-state index < -0.39 is 0 Å². The molecule has 5 heteroatoms. The number of benzene rings is 1. The van der Waals surface area contributed by atoms with E-state index in [-0.39, 0.29) is 6.04 Å². The van der Waals surface area contributed by atoms with Gasteiger partial charge < -0.3 is 5.32 Å². The first-order valence-electron chi connectivity index (χ1n) is 5.93. The van der Waals surface area contributed by atoms with Crippen LogP contribution >= 0.6 is 50.5 Å². The van der Waals surface area contributed by atoms with Crippen LogP contribution in [-0.4, -0.2) is 0 Å². The highest BCUT2D eigenvalue weighted by Crippen LogP contribution is 2.30. The quantitative estimate of drug-likeness (QED) is 0.664. The summed E-state index contributed by atoms with van der Waals surface area (Å²) in [4.78, 5) is 1.30. The first-order chi connectivity index (χ1) is 8.97. The SMILES string of the molecule is CC(NC(C)c1ccc(Br)s1)c1ccc(Cl)c(Cl)c1. The van der Waals surface area contributed by atoms with E-state index in [1.165, 1.54) is 4.88 Å². The fourth-order valence-corrected chi connectivity index (χ4v) is 3.64. The van der Waals surface area contributed by atoms with Crippen LogP contribution in [0.3, 0.4) is 0 Å². The predicted molar refractivity (Wildman–Crippen MR) is 88.4 cm³/mol. The Morgan fingerprint density at radius 2 is 1.79 bits per heavy atom. The molecule has 19 heavy (non-hydrogen) atoms. The van der Waals surface area contributed by atoms with Crippen molar-refractivity contribution in [3.8, 4) is 0 Å². The summed E-state index contributed by atoms with van der Waals surface area (Å²) in [6.07, 6.45) is 0. The van der Waals surface area contributed by atoms with E-state index in [4.69, 9.17) is 23.2 Å². The Morgan fingerprint density at radius 3 is 2.37 bits per heavy atom. The third-order valence-corrected chi connectivity index (χ3v) is 5.51. The Labute approximate surface area is 136 Å². The summed E-state index contributed by atoms with van der Waals surface area (Å²) >= 11 is 17.2. The molecule has 0 bridgehead atoms. The van der Waals surface area contributed by atoms with Crippen LogP contribution in [0.5, 0.6) is 0 Å². The van der Waals surface area contributed by atoms with Crippen molar-refractivity contribution in [2.75, 3.05) is 0 Å². The Balaban J connectivity index is 2.07. The van der Waals surface area contributed by atoms with Crippen LogP contribution in [-0.2, 0) is 0 Å². The summed E-state index contributed by atoms with van der Waals surface area (Å²) < 4.78 is 1.15. The molecule has 0 fully saturated rings. The highest BCUT2D eigenvalue weighted by atomic mass is 79.9. The molecule has 0 spiro atoms. The Morgan fingerprint density at radius 1 is 1.05 bits per heavy atom. The first-order valence-corrected chi connectivity index (χ1v) is 8.30. The van der Waals surface area contributed by atoms with Gasteiger partial charge in [0.1, 0.15) is 0 Å². The fraction of sp³-hybridized carbons (Fsp3) is 0.286. The predicted octanol–water partition coefficient (Wildman–Crippen LogP) is 6.23.